The van der Waals surface area contributed by atoms with Crippen molar-refractivity contribution in [3.05, 3.63) is 41.4 Å². The van der Waals surface area contributed by atoms with E-state index in [9.17, 15) is 8.42 Å². The average Bonchev–Trinajstić information content (AvgIpc) is 2.50. The van der Waals surface area contributed by atoms with Gasteiger partial charge in [-0.05, 0) is 50.2 Å². The van der Waals surface area contributed by atoms with E-state index in [1.165, 1.54) is 24.3 Å². The van der Waals surface area contributed by atoms with E-state index in [1.807, 2.05) is 18.7 Å². The van der Waals surface area contributed by atoms with Crippen molar-refractivity contribution >= 4 is 33.3 Å². The highest BCUT2D eigenvalue weighted by molar-refractivity contribution is 7.92. The molecule has 0 saturated carbocycles. The largest absolute Gasteiger partial charge is 0.356 e. The first-order valence-corrected chi connectivity index (χ1v) is 8.69. The van der Waals surface area contributed by atoms with Gasteiger partial charge in [0.15, 0.2) is 11.6 Å². The number of benzene rings is 1. The first kappa shape index (κ1) is 16.5. The Morgan fingerprint density at radius 3 is 2.18 bits per heavy atom. The van der Waals surface area contributed by atoms with Crippen LogP contribution in [0, 0.1) is 0 Å². The minimum Gasteiger partial charge on any atom is -0.356 e. The van der Waals surface area contributed by atoms with Gasteiger partial charge in [-0.3, -0.25) is 4.72 Å². The summed E-state index contributed by atoms with van der Waals surface area (Å²) in [5.41, 5.74) is 0. The zero-order valence-corrected chi connectivity index (χ0v) is 13.9. The number of sulfonamides is 1. The molecule has 0 aliphatic carbocycles. The molecule has 2 aromatic rings. The van der Waals surface area contributed by atoms with E-state index in [4.69, 9.17) is 11.6 Å². The van der Waals surface area contributed by atoms with Gasteiger partial charge in [-0.25, -0.2) is 8.42 Å². The summed E-state index contributed by atoms with van der Waals surface area (Å²) in [6.45, 7) is 5.65. The molecule has 0 radical (unpaired) electrons. The van der Waals surface area contributed by atoms with Crippen LogP contribution in [0.4, 0.5) is 11.6 Å². The Morgan fingerprint density at radius 1 is 1.05 bits per heavy atom. The van der Waals surface area contributed by atoms with Gasteiger partial charge in [0.1, 0.15) is 0 Å². The predicted octanol–water partition coefficient (Wildman–Crippen LogP) is 2.78. The molecule has 1 aromatic carbocycles. The molecule has 0 unspecified atom stereocenters. The first-order chi connectivity index (χ1) is 10.5. The molecule has 8 heteroatoms. The molecule has 0 aliphatic rings. The van der Waals surface area contributed by atoms with Crippen molar-refractivity contribution in [2.24, 2.45) is 0 Å². The van der Waals surface area contributed by atoms with Gasteiger partial charge < -0.3 is 4.90 Å². The van der Waals surface area contributed by atoms with E-state index < -0.39 is 10.0 Å². The molecule has 22 heavy (non-hydrogen) atoms. The molecule has 0 atom stereocenters. The summed E-state index contributed by atoms with van der Waals surface area (Å²) < 4.78 is 26.8. The SMILES string of the molecule is CCN(CC)c1ccc(NS(=O)(=O)c2ccc(Cl)cc2)nn1. The Labute approximate surface area is 135 Å². The zero-order chi connectivity index (χ0) is 16.2. The van der Waals surface area contributed by atoms with Crippen LogP contribution in [0.2, 0.25) is 5.02 Å². The molecule has 1 heterocycles. The fourth-order valence-electron chi connectivity index (χ4n) is 1.91. The summed E-state index contributed by atoms with van der Waals surface area (Å²) in [5.74, 6) is 0.880. The molecule has 0 fully saturated rings. The Hall–Kier alpha value is -1.86. The lowest BCUT2D eigenvalue weighted by Gasteiger charge is -2.18. The monoisotopic (exact) mass is 340 g/mol. The predicted molar refractivity (Wildman–Crippen MR) is 87.9 cm³/mol. The van der Waals surface area contributed by atoms with Crippen LogP contribution in [0.15, 0.2) is 41.3 Å². The third-order valence-electron chi connectivity index (χ3n) is 3.10. The van der Waals surface area contributed by atoms with Crippen LogP contribution in [-0.2, 0) is 10.0 Å². The van der Waals surface area contributed by atoms with Crippen LogP contribution in [0.3, 0.4) is 0 Å². The van der Waals surface area contributed by atoms with Crippen LogP contribution in [0.5, 0.6) is 0 Å². The molecule has 1 N–H and O–H groups in total. The van der Waals surface area contributed by atoms with Crippen molar-refractivity contribution in [2.45, 2.75) is 18.7 Å². The van der Waals surface area contributed by atoms with E-state index in [0.29, 0.717) is 10.8 Å². The van der Waals surface area contributed by atoms with Gasteiger partial charge in [0.2, 0.25) is 0 Å². The van der Waals surface area contributed by atoms with Gasteiger partial charge in [-0.15, -0.1) is 10.2 Å². The number of nitrogens with zero attached hydrogens (tertiary/aromatic N) is 3. The van der Waals surface area contributed by atoms with Gasteiger partial charge in [0.05, 0.1) is 4.90 Å². The Morgan fingerprint density at radius 2 is 1.68 bits per heavy atom. The van der Waals surface area contributed by atoms with Gasteiger partial charge in [0.25, 0.3) is 10.0 Å². The number of nitrogens with one attached hydrogen (secondary N) is 1. The van der Waals surface area contributed by atoms with Gasteiger partial charge in [-0.2, -0.15) is 0 Å². The number of hydrogen-bond donors (Lipinski definition) is 1. The van der Waals surface area contributed by atoms with Crippen molar-refractivity contribution in [1.82, 2.24) is 10.2 Å². The molecule has 118 valence electrons. The van der Waals surface area contributed by atoms with E-state index in [0.717, 1.165) is 13.1 Å². The van der Waals surface area contributed by atoms with Crippen LogP contribution < -0.4 is 9.62 Å². The number of hydrogen-bond acceptors (Lipinski definition) is 5. The van der Waals surface area contributed by atoms with Gasteiger partial charge in [0, 0.05) is 18.1 Å². The van der Waals surface area contributed by atoms with Crippen molar-refractivity contribution in [2.75, 3.05) is 22.7 Å². The van der Waals surface area contributed by atoms with Crippen LogP contribution in [-0.4, -0.2) is 31.7 Å². The molecule has 0 aliphatic heterocycles. The average molecular weight is 341 g/mol. The van der Waals surface area contributed by atoms with Crippen molar-refractivity contribution < 1.29 is 8.42 Å². The smallest absolute Gasteiger partial charge is 0.263 e. The topological polar surface area (TPSA) is 75.2 Å². The molecule has 0 amide bonds. The molecular formula is C14H17ClN4O2S. The molecule has 0 bridgehead atoms. The molecule has 0 saturated heterocycles. The highest BCUT2D eigenvalue weighted by atomic mass is 35.5. The molecule has 2 rings (SSSR count). The van der Waals surface area contributed by atoms with Crippen LogP contribution in [0.1, 0.15) is 13.8 Å². The number of aromatic nitrogens is 2. The quantitative estimate of drug-likeness (QED) is 0.875. The Bertz CT molecular complexity index is 714. The molecule has 1 aromatic heterocycles. The lowest BCUT2D eigenvalue weighted by atomic mass is 10.4. The fraction of sp³-hybridized carbons (Fsp3) is 0.286. The summed E-state index contributed by atoms with van der Waals surface area (Å²) in [7, 11) is -3.70. The highest BCUT2D eigenvalue weighted by Gasteiger charge is 2.15. The van der Waals surface area contributed by atoms with Crippen molar-refractivity contribution in [3.8, 4) is 0 Å². The third kappa shape index (κ3) is 3.86. The van der Waals surface area contributed by atoms with E-state index >= 15 is 0 Å². The maximum atomic E-state index is 12.2. The summed E-state index contributed by atoms with van der Waals surface area (Å²) in [6, 6.07) is 9.23. The third-order valence-corrected chi connectivity index (χ3v) is 4.72. The Kier molecular flexibility index (Phi) is 5.20. The van der Waals surface area contributed by atoms with Gasteiger partial charge >= 0.3 is 0 Å². The van der Waals surface area contributed by atoms with Crippen molar-refractivity contribution in [3.63, 3.8) is 0 Å². The minimum absolute atomic E-state index is 0.117. The van der Waals surface area contributed by atoms with Crippen LogP contribution in [0.25, 0.3) is 0 Å². The summed E-state index contributed by atoms with van der Waals surface area (Å²) in [4.78, 5) is 2.14. The van der Waals surface area contributed by atoms with E-state index in [1.54, 1.807) is 12.1 Å². The van der Waals surface area contributed by atoms with Crippen LogP contribution >= 0.6 is 11.6 Å². The summed E-state index contributed by atoms with van der Waals surface area (Å²) in [6.07, 6.45) is 0. The maximum Gasteiger partial charge on any atom is 0.263 e. The van der Waals surface area contributed by atoms with E-state index in [-0.39, 0.29) is 10.7 Å². The second-order valence-electron chi connectivity index (χ2n) is 4.51. The highest BCUT2D eigenvalue weighted by Crippen LogP contribution is 2.18. The molecular weight excluding hydrogens is 324 g/mol. The second-order valence-corrected chi connectivity index (χ2v) is 6.63. The summed E-state index contributed by atoms with van der Waals surface area (Å²) in [5, 5.41) is 8.43. The van der Waals surface area contributed by atoms with Gasteiger partial charge in [-0.1, -0.05) is 11.6 Å². The first-order valence-electron chi connectivity index (χ1n) is 6.83. The van der Waals surface area contributed by atoms with Crippen molar-refractivity contribution in [1.29, 1.82) is 0 Å². The number of halogens is 1. The number of anilines is 2. The lowest BCUT2D eigenvalue weighted by Crippen LogP contribution is -2.23. The molecule has 0 spiro atoms. The number of rotatable bonds is 6. The maximum absolute atomic E-state index is 12.2. The lowest BCUT2D eigenvalue weighted by molar-refractivity contribution is 0.601. The Balaban J connectivity index is 2.18. The standard InChI is InChI=1S/C14H17ClN4O2S/c1-3-19(4-2)14-10-9-13(16-17-14)18-22(20,21)12-7-5-11(15)6-8-12/h5-10H,3-4H2,1-2H3,(H,16,18). The normalized spacial score (nSPS) is 11.2. The minimum atomic E-state index is -3.70. The zero-order valence-electron chi connectivity index (χ0n) is 12.3. The second kappa shape index (κ2) is 6.93. The fourth-order valence-corrected chi connectivity index (χ4v) is 3.03. The van der Waals surface area contributed by atoms with E-state index in [2.05, 4.69) is 14.9 Å². The summed E-state index contributed by atoms with van der Waals surface area (Å²) >= 11 is 5.75. The molecule has 6 nitrogen and oxygen atoms in total.